The Bertz CT molecular complexity index is 969. The van der Waals surface area contributed by atoms with Gasteiger partial charge in [0.2, 0.25) is 0 Å². The third kappa shape index (κ3) is 49.8. The van der Waals surface area contributed by atoms with E-state index in [0.29, 0.717) is 12.8 Å². The van der Waals surface area contributed by atoms with Crippen LogP contribution in [-0.2, 0) is 28.2 Å². The summed E-state index contributed by atoms with van der Waals surface area (Å²) in [6.07, 6.45) is 50.2. The Hall–Kier alpha value is -0.470. The zero-order chi connectivity index (χ0) is 41.1. The number of hydrogen-bond donors (Lipinski definition) is 1. The molecule has 0 aromatic rings. The first-order valence-electron chi connectivity index (χ1n) is 23.6. The van der Waals surface area contributed by atoms with E-state index >= 15 is 0 Å². The first kappa shape index (κ1) is 58.6. The van der Waals surface area contributed by atoms with E-state index < -0.39 is 32.5 Å². The molecule has 0 rings (SSSR count). The zero-order valence-corrected chi connectivity index (χ0v) is 40.4. The normalized spacial score (nSPS) is 13.2. The fourth-order valence-corrected chi connectivity index (χ4v) is 7.25. The molecular weight excluding hydrogens is 746 g/mol. The van der Waals surface area contributed by atoms with Crippen molar-refractivity contribution in [1.82, 2.24) is 0 Å². The fraction of sp³-hybridized carbons (Fsp3) is 0.872. The molecule has 10 heteroatoms. The Morgan fingerprint density at radius 3 is 1.12 bits per heavy atom. The molecule has 0 aromatic carbocycles. The van der Waals surface area contributed by atoms with Gasteiger partial charge in [-0.25, -0.2) is 0 Å². The Morgan fingerprint density at radius 1 is 0.491 bits per heavy atom. The topological polar surface area (TPSA) is 122 Å². The molecular formula is C47H88NaO8P. The molecule has 0 aliphatic rings. The van der Waals surface area contributed by atoms with Gasteiger partial charge in [0.25, 0.3) is 7.82 Å². The van der Waals surface area contributed by atoms with Crippen LogP contribution in [0.3, 0.4) is 0 Å². The molecule has 0 bridgehead atoms. The molecule has 0 aliphatic heterocycles. The van der Waals surface area contributed by atoms with E-state index in [0.717, 1.165) is 38.5 Å². The van der Waals surface area contributed by atoms with Crippen LogP contribution in [0.2, 0.25) is 0 Å². The number of esters is 2. The second kappa shape index (κ2) is 46.6. The molecule has 8 nitrogen and oxygen atoms in total. The second-order valence-corrected chi connectivity index (χ2v) is 17.3. The number of ether oxygens (including phenoxy) is 2. The minimum absolute atomic E-state index is 0. The largest absolute Gasteiger partial charge is 1.00 e. The molecule has 0 saturated carbocycles. The van der Waals surface area contributed by atoms with Gasteiger partial charge in [0.15, 0.2) is 6.10 Å². The maximum Gasteiger partial charge on any atom is 1.00 e. The second-order valence-electron chi connectivity index (χ2n) is 16.1. The van der Waals surface area contributed by atoms with Gasteiger partial charge in [-0.15, -0.1) is 0 Å². The molecule has 0 radical (unpaired) electrons. The summed E-state index contributed by atoms with van der Waals surface area (Å²) in [6, 6.07) is 0. The van der Waals surface area contributed by atoms with E-state index in [-0.39, 0.29) is 49.0 Å². The van der Waals surface area contributed by atoms with Crippen molar-refractivity contribution in [2.75, 3.05) is 13.2 Å². The van der Waals surface area contributed by atoms with Crippen LogP contribution in [0.25, 0.3) is 0 Å². The van der Waals surface area contributed by atoms with Crippen molar-refractivity contribution in [3.63, 3.8) is 0 Å². The van der Waals surface area contributed by atoms with E-state index in [2.05, 4.69) is 42.7 Å². The van der Waals surface area contributed by atoms with Gasteiger partial charge in [-0.1, -0.05) is 192 Å². The Morgan fingerprint density at radius 2 is 0.789 bits per heavy atom. The maximum atomic E-state index is 12.4. The Kier molecular flexibility index (Phi) is 47.9. The standard InChI is InChI=1S/C47H89O8P.Na/c1-3-5-7-9-11-13-15-17-19-21-23-25-27-29-31-33-35-37-39-41-46(48)53-43-45(44-54-56(50,51)52)55-47(49)42-40-38-36-34-32-30-28-26-24-22-20-18-16-14-12-10-8-6-4-2;/h17-20,45H,3-16,21-44H2,1-2H3,(H2,50,51,52);/q;+1/p-1/b19-17-,20-18-;. The van der Waals surface area contributed by atoms with Crippen molar-refractivity contribution in [3.05, 3.63) is 24.3 Å². The van der Waals surface area contributed by atoms with E-state index in [4.69, 9.17) is 14.4 Å². The molecule has 0 aromatic heterocycles. The van der Waals surface area contributed by atoms with E-state index in [1.807, 2.05) is 0 Å². The predicted molar refractivity (Wildman–Crippen MR) is 232 cm³/mol. The SMILES string of the molecule is CCCCCCCC/C=C\CCCCCCCCCCCC(=O)OCC(COP(=O)([O-])O)OC(=O)CCCCCCCCCCC/C=C\CCCCCCCC.[Na+]. The molecule has 2 atom stereocenters. The van der Waals surface area contributed by atoms with Crippen LogP contribution >= 0.6 is 7.82 Å². The number of allylic oxidation sites excluding steroid dienone is 4. The summed E-state index contributed by atoms with van der Waals surface area (Å²) < 4.78 is 26.2. The summed E-state index contributed by atoms with van der Waals surface area (Å²) in [5.41, 5.74) is 0. The number of unbranched alkanes of at least 4 members (excludes halogenated alkanes) is 30. The van der Waals surface area contributed by atoms with Gasteiger partial charge in [0.1, 0.15) is 6.61 Å². The van der Waals surface area contributed by atoms with E-state index in [9.17, 15) is 19.0 Å². The number of phosphoric acid groups is 1. The van der Waals surface area contributed by atoms with Gasteiger partial charge in [-0.05, 0) is 64.2 Å². The van der Waals surface area contributed by atoms with Crippen molar-refractivity contribution in [2.45, 2.75) is 251 Å². The molecule has 0 spiro atoms. The van der Waals surface area contributed by atoms with Crippen LogP contribution in [0, 0.1) is 0 Å². The van der Waals surface area contributed by atoms with Crippen LogP contribution in [0.4, 0.5) is 0 Å². The van der Waals surface area contributed by atoms with Crippen LogP contribution in [0.5, 0.6) is 0 Å². The van der Waals surface area contributed by atoms with Crippen molar-refractivity contribution in [2.24, 2.45) is 0 Å². The molecule has 0 aliphatic carbocycles. The van der Waals surface area contributed by atoms with E-state index in [1.165, 1.54) is 167 Å². The molecule has 0 saturated heterocycles. The predicted octanol–water partition coefficient (Wildman–Crippen LogP) is 11.1. The number of carbonyl (C=O) groups excluding carboxylic acids is 2. The zero-order valence-electron chi connectivity index (χ0n) is 37.5. The monoisotopic (exact) mass is 835 g/mol. The van der Waals surface area contributed by atoms with Crippen LogP contribution in [0.15, 0.2) is 24.3 Å². The van der Waals surface area contributed by atoms with Gasteiger partial charge in [0.05, 0.1) is 6.61 Å². The smallest absolute Gasteiger partial charge is 0.756 e. The summed E-state index contributed by atoms with van der Waals surface area (Å²) in [4.78, 5) is 44.9. The molecule has 330 valence electrons. The van der Waals surface area contributed by atoms with Crippen molar-refractivity contribution < 1.29 is 67.5 Å². The quantitative estimate of drug-likeness (QED) is 0.0212. The van der Waals surface area contributed by atoms with E-state index in [1.54, 1.807) is 0 Å². The summed E-state index contributed by atoms with van der Waals surface area (Å²) in [7, 11) is -5.01. The maximum absolute atomic E-state index is 12.4. The summed E-state index contributed by atoms with van der Waals surface area (Å²) in [5.74, 6) is -0.915. The number of hydrogen-bond acceptors (Lipinski definition) is 7. The third-order valence-corrected chi connectivity index (χ3v) is 10.9. The van der Waals surface area contributed by atoms with Gasteiger partial charge < -0.3 is 23.8 Å². The van der Waals surface area contributed by atoms with Crippen LogP contribution in [0.1, 0.15) is 245 Å². The Labute approximate surface area is 373 Å². The molecule has 2 unspecified atom stereocenters. The average molecular weight is 835 g/mol. The molecule has 1 N–H and O–H groups in total. The van der Waals surface area contributed by atoms with Gasteiger partial charge in [-0.3, -0.25) is 14.2 Å². The summed E-state index contributed by atoms with van der Waals surface area (Å²) in [6.45, 7) is 3.61. The summed E-state index contributed by atoms with van der Waals surface area (Å²) in [5, 5.41) is 0. The molecule has 57 heavy (non-hydrogen) atoms. The molecule has 0 fully saturated rings. The first-order chi connectivity index (χ1) is 27.3. The van der Waals surface area contributed by atoms with Crippen molar-refractivity contribution in [3.8, 4) is 0 Å². The van der Waals surface area contributed by atoms with Crippen molar-refractivity contribution in [1.29, 1.82) is 0 Å². The van der Waals surface area contributed by atoms with Gasteiger partial charge >= 0.3 is 41.5 Å². The number of carbonyl (C=O) groups is 2. The molecule has 0 heterocycles. The van der Waals surface area contributed by atoms with Gasteiger partial charge in [0, 0.05) is 12.8 Å². The average Bonchev–Trinajstić information content (AvgIpc) is 3.17. The minimum Gasteiger partial charge on any atom is -0.756 e. The van der Waals surface area contributed by atoms with Gasteiger partial charge in [-0.2, -0.15) is 0 Å². The molecule has 0 amide bonds. The Balaban J connectivity index is 0. The van der Waals surface area contributed by atoms with Crippen LogP contribution < -0.4 is 34.5 Å². The summed E-state index contributed by atoms with van der Waals surface area (Å²) >= 11 is 0. The number of rotatable bonds is 44. The van der Waals surface area contributed by atoms with Crippen molar-refractivity contribution >= 4 is 19.8 Å². The number of phosphoric ester groups is 1. The third-order valence-electron chi connectivity index (χ3n) is 10.4. The van der Waals surface area contributed by atoms with Crippen LogP contribution in [-0.4, -0.2) is 36.1 Å². The first-order valence-corrected chi connectivity index (χ1v) is 25.1. The fourth-order valence-electron chi connectivity index (χ4n) is 6.89. The minimum atomic E-state index is -5.01.